The topological polar surface area (TPSA) is 94.9 Å². The van der Waals surface area contributed by atoms with Gasteiger partial charge in [-0.15, -0.1) is 0 Å². The predicted octanol–water partition coefficient (Wildman–Crippen LogP) is -1.16. The summed E-state index contributed by atoms with van der Waals surface area (Å²) in [5, 5.41) is 24.1. The highest BCUT2D eigenvalue weighted by Crippen LogP contribution is 2.14. The van der Waals surface area contributed by atoms with Gasteiger partial charge >= 0.3 is 0 Å². The second-order valence-corrected chi connectivity index (χ2v) is 2.26. The third-order valence-corrected chi connectivity index (χ3v) is 1.37. The van der Waals surface area contributed by atoms with Crippen molar-refractivity contribution in [3.63, 3.8) is 0 Å². The van der Waals surface area contributed by atoms with Gasteiger partial charge in [0.25, 0.3) is 5.88 Å². The van der Waals surface area contributed by atoms with Gasteiger partial charge in [-0.3, -0.25) is 0 Å². The minimum Gasteiger partial charge on any atom is -0.595 e. The quantitative estimate of drug-likeness (QED) is 0.401. The van der Waals surface area contributed by atoms with Gasteiger partial charge in [-0.1, -0.05) is 0 Å². The molecule has 1 atom stereocenters. The average Bonchev–Trinajstić information content (AvgIpc) is 2.53. The van der Waals surface area contributed by atoms with Gasteiger partial charge in [0.15, 0.2) is 0 Å². The SMILES string of the molecule is COCCOc1[nH]ncc1[NH+]([O-])O. The van der Waals surface area contributed by atoms with E-state index in [0.717, 1.165) is 0 Å². The average molecular weight is 189 g/mol. The van der Waals surface area contributed by atoms with Crippen LogP contribution in [0.2, 0.25) is 0 Å². The first-order chi connectivity index (χ1) is 6.25. The molecule has 0 bridgehead atoms. The number of aromatic amines is 1. The summed E-state index contributed by atoms with van der Waals surface area (Å²) in [4.78, 5) is 0. The third-order valence-electron chi connectivity index (χ3n) is 1.37. The molecule has 1 rings (SSSR count). The molecule has 7 nitrogen and oxygen atoms in total. The molecule has 1 aromatic heterocycles. The molecule has 7 heteroatoms. The number of quaternary nitrogens is 1. The lowest BCUT2D eigenvalue weighted by Crippen LogP contribution is -2.99. The number of H-pyrrole nitrogens is 1. The molecule has 1 aromatic rings. The summed E-state index contributed by atoms with van der Waals surface area (Å²) < 4.78 is 9.79. The van der Waals surface area contributed by atoms with Crippen LogP contribution in [0.4, 0.5) is 5.69 Å². The number of nitrogens with one attached hydrogen (secondary N) is 2. The smallest absolute Gasteiger partial charge is 0.276 e. The van der Waals surface area contributed by atoms with Crippen molar-refractivity contribution in [1.29, 1.82) is 0 Å². The van der Waals surface area contributed by atoms with Crippen molar-refractivity contribution < 1.29 is 19.9 Å². The number of methoxy groups -OCH3 is 1. The Morgan fingerprint density at radius 2 is 2.46 bits per heavy atom. The molecule has 0 saturated heterocycles. The molecule has 0 spiro atoms. The molecule has 0 aliphatic rings. The fraction of sp³-hybridized carbons (Fsp3) is 0.500. The van der Waals surface area contributed by atoms with E-state index in [1.807, 2.05) is 0 Å². The molecule has 0 aromatic carbocycles. The molecule has 0 amide bonds. The molecule has 0 aliphatic heterocycles. The predicted molar refractivity (Wildman–Crippen MR) is 41.7 cm³/mol. The van der Waals surface area contributed by atoms with E-state index in [0.29, 0.717) is 13.2 Å². The van der Waals surface area contributed by atoms with Gasteiger partial charge in [0.1, 0.15) is 12.8 Å². The van der Waals surface area contributed by atoms with E-state index in [2.05, 4.69) is 10.2 Å². The zero-order valence-corrected chi connectivity index (χ0v) is 7.11. The second kappa shape index (κ2) is 4.77. The number of aromatic nitrogens is 2. The molecule has 0 aliphatic carbocycles. The summed E-state index contributed by atoms with van der Waals surface area (Å²) in [5.74, 6) is 0.157. The van der Waals surface area contributed by atoms with Crippen LogP contribution in [0.25, 0.3) is 0 Å². The minimum absolute atomic E-state index is 0.0242. The zero-order chi connectivity index (χ0) is 9.68. The van der Waals surface area contributed by atoms with Gasteiger partial charge in [-0.05, 0) is 0 Å². The van der Waals surface area contributed by atoms with Gasteiger partial charge in [-0.2, -0.15) is 10.3 Å². The normalized spacial score (nSPS) is 12.8. The summed E-state index contributed by atoms with van der Waals surface area (Å²) >= 11 is 0. The van der Waals surface area contributed by atoms with Crippen LogP contribution in [-0.2, 0) is 4.74 Å². The van der Waals surface area contributed by atoms with E-state index >= 15 is 0 Å². The molecule has 74 valence electrons. The van der Waals surface area contributed by atoms with Crippen LogP contribution in [-0.4, -0.2) is 35.7 Å². The van der Waals surface area contributed by atoms with Crippen LogP contribution in [0.5, 0.6) is 5.88 Å². The summed E-state index contributed by atoms with van der Waals surface area (Å²) in [6.45, 7) is 0.692. The van der Waals surface area contributed by atoms with Gasteiger partial charge in [0.2, 0.25) is 5.69 Å². The Morgan fingerprint density at radius 1 is 1.69 bits per heavy atom. The lowest BCUT2D eigenvalue weighted by molar-refractivity contribution is -0.991. The zero-order valence-electron chi connectivity index (χ0n) is 7.11. The van der Waals surface area contributed by atoms with Crippen molar-refractivity contribution in [1.82, 2.24) is 10.2 Å². The number of ether oxygens (including phenoxy) is 2. The standard InChI is InChI=1S/C6H11N3O4/c1-12-2-3-13-6-5(9(10)11)4-7-8-6/h4,9-10H,2-3H2,1H3,(H,7,8). The number of nitrogens with zero attached hydrogens (tertiary/aromatic N) is 1. The number of hydrogen-bond acceptors (Lipinski definition) is 5. The molecular weight excluding hydrogens is 178 g/mol. The van der Waals surface area contributed by atoms with E-state index in [4.69, 9.17) is 14.7 Å². The minimum atomic E-state index is -1.07. The Hall–Kier alpha value is -1.15. The van der Waals surface area contributed by atoms with Crippen LogP contribution in [0, 0.1) is 5.21 Å². The molecule has 3 N–H and O–H groups in total. The van der Waals surface area contributed by atoms with E-state index in [1.165, 1.54) is 13.3 Å². The third kappa shape index (κ3) is 2.67. The van der Waals surface area contributed by atoms with Crippen molar-refractivity contribution in [2.45, 2.75) is 0 Å². The molecular formula is C6H11N3O4. The molecule has 0 fully saturated rings. The number of hydrogen-bond donors (Lipinski definition) is 3. The van der Waals surface area contributed by atoms with Crippen LogP contribution in [0.3, 0.4) is 0 Å². The largest absolute Gasteiger partial charge is 0.595 e. The lowest BCUT2D eigenvalue weighted by Gasteiger charge is -2.10. The van der Waals surface area contributed by atoms with E-state index in [-0.39, 0.29) is 11.6 Å². The highest BCUT2D eigenvalue weighted by molar-refractivity contribution is 5.36. The lowest BCUT2D eigenvalue weighted by atomic mass is 10.5. The first-order valence-electron chi connectivity index (χ1n) is 3.64. The second-order valence-electron chi connectivity index (χ2n) is 2.26. The Kier molecular flexibility index (Phi) is 3.65. The van der Waals surface area contributed by atoms with Crippen LogP contribution >= 0.6 is 0 Å². The maximum Gasteiger partial charge on any atom is 0.276 e. The Bertz CT molecular complexity index is 250. The van der Waals surface area contributed by atoms with Gasteiger partial charge < -0.3 is 14.7 Å². The number of rotatable bonds is 5. The Labute approximate surface area is 74.4 Å². The van der Waals surface area contributed by atoms with Crippen molar-refractivity contribution in [2.75, 3.05) is 20.3 Å². The van der Waals surface area contributed by atoms with Crippen molar-refractivity contribution in [3.05, 3.63) is 11.4 Å². The van der Waals surface area contributed by atoms with Crippen LogP contribution in [0.15, 0.2) is 6.20 Å². The Balaban J connectivity index is 2.50. The van der Waals surface area contributed by atoms with Gasteiger partial charge in [-0.25, -0.2) is 10.3 Å². The molecule has 1 unspecified atom stereocenters. The molecule has 0 radical (unpaired) electrons. The molecule has 1 heterocycles. The summed E-state index contributed by atoms with van der Waals surface area (Å²) in [6, 6.07) is 0. The fourth-order valence-corrected chi connectivity index (χ4v) is 0.764. The van der Waals surface area contributed by atoms with Gasteiger partial charge in [0.05, 0.1) is 6.61 Å². The Morgan fingerprint density at radius 3 is 3.08 bits per heavy atom. The van der Waals surface area contributed by atoms with Gasteiger partial charge in [0, 0.05) is 7.11 Å². The highest BCUT2D eigenvalue weighted by Gasteiger charge is 2.12. The van der Waals surface area contributed by atoms with Crippen molar-refractivity contribution >= 4 is 5.69 Å². The summed E-state index contributed by atoms with van der Waals surface area (Å²) in [7, 11) is 1.54. The first kappa shape index (κ1) is 9.93. The molecule has 0 saturated carbocycles. The maximum absolute atomic E-state index is 10.5. The summed E-state index contributed by atoms with van der Waals surface area (Å²) in [5.41, 5.74) is 0.0242. The fourth-order valence-electron chi connectivity index (χ4n) is 0.764. The highest BCUT2D eigenvalue weighted by atomic mass is 16.8. The first-order valence-corrected chi connectivity index (χ1v) is 3.64. The maximum atomic E-state index is 10.5. The van der Waals surface area contributed by atoms with Crippen LogP contribution in [0.1, 0.15) is 0 Å². The van der Waals surface area contributed by atoms with E-state index in [1.54, 1.807) is 0 Å². The van der Waals surface area contributed by atoms with Crippen molar-refractivity contribution in [2.24, 2.45) is 0 Å². The van der Waals surface area contributed by atoms with Crippen molar-refractivity contribution in [3.8, 4) is 5.88 Å². The molecule has 13 heavy (non-hydrogen) atoms. The van der Waals surface area contributed by atoms with E-state index in [9.17, 15) is 5.21 Å². The summed E-state index contributed by atoms with van der Waals surface area (Å²) in [6.07, 6.45) is 1.20. The monoisotopic (exact) mass is 189 g/mol. The van der Waals surface area contributed by atoms with E-state index < -0.39 is 5.23 Å². The van der Waals surface area contributed by atoms with Crippen LogP contribution < -0.4 is 9.96 Å².